The van der Waals surface area contributed by atoms with Crippen molar-refractivity contribution in [2.75, 3.05) is 46.8 Å². The largest absolute Gasteiger partial charge is 0.319 e. The molecule has 0 saturated carbocycles. The maximum Gasteiger partial charge on any atom is -0.000593 e. The summed E-state index contributed by atoms with van der Waals surface area (Å²) >= 11 is 0. The Morgan fingerprint density at radius 3 is 2.39 bits per heavy atom. The van der Waals surface area contributed by atoms with Crippen molar-refractivity contribution in [3.63, 3.8) is 0 Å². The smallest absolute Gasteiger partial charge is 0.000593 e. The number of nitrogens with zero attached hydrogens (tertiary/aromatic N) is 1. The van der Waals surface area contributed by atoms with Crippen LogP contribution < -0.4 is 10.6 Å². The van der Waals surface area contributed by atoms with E-state index in [4.69, 9.17) is 0 Å². The molecule has 0 aromatic heterocycles. The molecule has 1 unspecified atom stereocenters. The van der Waals surface area contributed by atoms with Crippen LogP contribution in [0.3, 0.4) is 0 Å². The van der Waals surface area contributed by atoms with E-state index in [1.807, 2.05) is 7.05 Å². The lowest BCUT2D eigenvalue weighted by molar-refractivity contribution is 0.210. The maximum absolute atomic E-state index is 3.66. The summed E-state index contributed by atoms with van der Waals surface area (Å²) in [5.74, 6) is 2.47. The minimum absolute atomic E-state index is 0.757. The Balaban J connectivity index is 2.06. The molecule has 108 valence electrons. The lowest BCUT2D eigenvalue weighted by atomic mass is 9.93. The van der Waals surface area contributed by atoms with Crippen LogP contribution in [-0.4, -0.2) is 51.7 Å². The van der Waals surface area contributed by atoms with Gasteiger partial charge < -0.3 is 15.5 Å². The van der Waals surface area contributed by atoms with Gasteiger partial charge in [0.2, 0.25) is 0 Å². The van der Waals surface area contributed by atoms with Gasteiger partial charge in [0.25, 0.3) is 0 Å². The maximum atomic E-state index is 3.66. The first-order chi connectivity index (χ1) is 8.63. The molecule has 2 N–H and O–H groups in total. The number of hydrogen-bond acceptors (Lipinski definition) is 3. The van der Waals surface area contributed by atoms with E-state index in [0.29, 0.717) is 0 Å². The molecule has 3 heteroatoms. The van der Waals surface area contributed by atoms with E-state index in [-0.39, 0.29) is 0 Å². The van der Waals surface area contributed by atoms with Crippen LogP contribution in [-0.2, 0) is 0 Å². The highest BCUT2D eigenvalue weighted by molar-refractivity contribution is 4.72. The fourth-order valence-electron chi connectivity index (χ4n) is 2.75. The van der Waals surface area contributed by atoms with E-state index >= 15 is 0 Å². The van der Waals surface area contributed by atoms with Gasteiger partial charge in [-0.05, 0) is 83.8 Å². The number of piperidine rings is 1. The Morgan fingerprint density at radius 2 is 1.83 bits per heavy atom. The molecular formula is C15H33N3. The van der Waals surface area contributed by atoms with Crippen molar-refractivity contribution in [3.8, 4) is 0 Å². The molecule has 1 saturated heterocycles. The SMILES string of the molecule is CNCC(CNCCC1CCN(C)CC1)C(C)C. The van der Waals surface area contributed by atoms with Crippen molar-refractivity contribution in [1.82, 2.24) is 15.5 Å². The summed E-state index contributed by atoms with van der Waals surface area (Å²) in [7, 11) is 4.29. The van der Waals surface area contributed by atoms with Gasteiger partial charge in [-0.25, -0.2) is 0 Å². The first kappa shape index (κ1) is 15.9. The van der Waals surface area contributed by atoms with Crippen LogP contribution in [0.25, 0.3) is 0 Å². The van der Waals surface area contributed by atoms with E-state index in [0.717, 1.165) is 30.8 Å². The molecule has 1 aliphatic rings. The fraction of sp³-hybridized carbons (Fsp3) is 1.00. The van der Waals surface area contributed by atoms with Crippen molar-refractivity contribution in [2.45, 2.75) is 33.1 Å². The van der Waals surface area contributed by atoms with Gasteiger partial charge in [-0.15, -0.1) is 0 Å². The fourth-order valence-corrected chi connectivity index (χ4v) is 2.75. The third-order valence-corrected chi connectivity index (χ3v) is 4.38. The molecule has 1 aliphatic heterocycles. The Kier molecular flexibility index (Phi) is 7.87. The highest BCUT2D eigenvalue weighted by atomic mass is 15.1. The first-order valence-electron chi connectivity index (χ1n) is 7.67. The Hall–Kier alpha value is -0.120. The minimum Gasteiger partial charge on any atom is -0.319 e. The quantitative estimate of drug-likeness (QED) is 0.648. The Labute approximate surface area is 114 Å². The number of rotatable bonds is 8. The summed E-state index contributed by atoms with van der Waals surface area (Å²) in [5.41, 5.74) is 0. The van der Waals surface area contributed by atoms with E-state index in [9.17, 15) is 0 Å². The molecule has 0 bridgehead atoms. The third kappa shape index (κ3) is 6.17. The van der Waals surface area contributed by atoms with Crippen molar-refractivity contribution >= 4 is 0 Å². The predicted molar refractivity (Wildman–Crippen MR) is 80.0 cm³/mol. The van der Waals surface area contributed by atoms with Gasteiger partial charge >= 0.3 is 0 Å². The average molecular weight is 255 g/mol. The summed E-state index contributed by atoms with van der Waals surface area (Å²) in [5, 5.41) is 6.96. The third-order valence-electron chi connectivity index (χ3n) is 4.38. The molecule has 1 fully saturated rings. The van der Waals surface area contributed by atoms with Crippen molar-refractivity contribution in [3.05, 3.63) is 0 Å². The summed E-state index contributed by atoms with van der Waals surface area (Å²) in [6.07, 6.45) is 4.14. The predicted octanol–water partition coefficient (Wildman–Crippen LogP) is 1.80. The van der Waals surface area contributed by atoms with Crippen LogP contribution in [0.4, 0.5) is 0 Å². The molecule has 0 radical (unpaired) electrons. The van der Waals surface area contributed by atoms with E-state index in [1.165, 1.54) is 38.9 Å². The highest BCUT2D eigenvalue weighted by Gasteiger charge is 2.16. The lowest BCUT2D eigenvalue weighted by Gasteiger charge is -2.29. The average Bonchev–Trinajstić information content (AvgIpc) is 2.35. The van der Waals surface area contributed by atoms with Gasteiger partial charge in [0.1, 0.15) is 0 Å². The van der Waals surface area contributed by atoms with E-state index < -0.39 is 0 Å². The second-order valence-corrected chi connectivity index (χ2v) is 6.30. The monoisotopic (exact) mass is 255 g/mol. The number of likely N-dealkylation sites (tertiary alicyclic amines) is 1. The summed E-state index contributed by atoms with van der Waals surface area (Å²) in [6.45, 7) is 10.7. The minimum atomic E-state index is 0.757. The number of hydrogen-bond donors (Lipinski definition) is 2. The van der Waals surface area contributed by atoms with Crippen molar-refractivity contribution in [2.24, 2.45) is 17.8 Å². The van der Waals surface area contributed by atoms with Crippen LogP contribution in [0, 0.1) is 17.8 Å². The van der Waals surface area contributed by atoms with Gasteiger partial charge in [0, 0.05) is 0 Å². The van der Waals surface area contributed by atoms with Crippen LogP contribution in [0.15, 0.2) is 0 Å². The standard InChI is InChI=1S/C15H33N3/c1-13(2)15(11-16-3)12-17-8-5-14-6-9-18(4)10-7-14/h13-17H,5-12H2,1-4H3. The Bertz CT molecular complexity index is 198. The molecule has 1 heterocycles. The first-order valence-corrected chi connectivity index (χ1v) is 7.67. The van der Waals surface area contributed by atoms with Crippen molar-refractivity contribution in [1.29, 1.82) is 0 Å². The molecule has 0 amide bonds. The molecule has 0 spiro atoms. The van der Waals surface area contributed by atoms with E-state index in [1.54, 1.807) is 0 Å². The topological polar surface area (TPSA) is 27.3 Å². The molecule has 3 nitrogen and oxygen atoms in total. The summed E-state index contributed by atoms with van der Waals surface area (Å²) < 4.78 is 0. The molecule has 1 atom stereocenters. The van der Waals surface area contributed by atoms with Gasteiger partial charge in [-0.1, -0.05) is 13.8 Å². The van der Waals surface area contributed by atoms with Crippen LogP contribution in [0.1, 0.15) is 33.1 Å². The van der Waals surface area contributed by atoms with E-state index in [2.05, 4.69) is 36.4 Å². The molecule has 0 aliphatic carbocycles. The zero-order valence-corrected chi connectivity index (χ0v) is 12.8. The highest BCUT2D eigenvalue weighted by Crippen LogP contribution is 2.18. The van der Waals surface area contributed by atoms with Crippen LogP contribution >= 0.6 is 0 Å². The van der Waals surface area contributed by atoms with Gasteiger partial charge in [-0.3, -0.25) is 0 Å². The van der Waals surface area contributed by atoms with Gasteiger partial charge in [0.15, 0.2) is 0 Å². The van der Waals surface area contributed by atoms with Crippen molar-refractivity contribution < 1.29 is 0 Å². The van der Waals surface area contributed by atoms with Crippen LogP contribution in [0.2, 0.25) is 0 Å². The second kappa shape index (κ2) is 8.89. The zero-order chi connectivity index (χ0) is 13.4. The molecular weight excluding hydrogens is 222 g/mol. The number of nitrogens with one attached hydrogen (secondary N) is 2. The summed E-state index contributed by atoms with van der Waals surface area (Å²) in [6, 6.07) is 0. The van der Waals surface area contributed by atoms with Gasteiger partial charge in [0.05, 0.1) is 0 Å². The Morgan fingerprint density at radius 1 is 1.17 bits per heavy atom. The molecule has 0 aromatic rings. The molecule has 0 aromatic carbocycles. The lowest BCUT2D eigenvalue weighted by Crippen LogP contribution is -2.35. The molecule has 1 rings (SSSR count). The molecule has 18 heavy (non-hydrogen) atoms. The van der Waals surface area contributed by atoms with Crippen LogP contribution in [0.5, 0.6) is 0 Å². The summed E-state index contributed by atoms with van der Waals surface area (Å²) in [4.78, 5) is 2.45. The second-order valence-electron chi connectivity index (χ2n) is 6.30. The zero-order valence-electron chi connectivity index (χ0n) is 12.8. The normalized spacial score (nSPS) is 20.5. The van der Waals surface area contributed by atoms with Gasteiger partial charge in [-0.2, -0.15) is 0 Å².